The molecule has 1 aromatic carbocycles. The first kappa shape index (κ1) is 13.2. The summed E-state index contributed by atoms with van der Waals surface area (Å²) in [5.41, 5.74) is 2.02. The Bertz CT molecular complexity index is 765. The molecule has 0 saturated carbocycles. The minimum absolute atomic E-state index is 0.218. The maximum absolute atomic E-state index is 13.2. The standard InChI is InChI=1S/C16H17FN4O/c17-12-1-2-13-11(8-20-14(13)7-12)3-5-21-10-18-9-15-16(21)19-4-6-22-15/h1-2,7-9,19-20H,3-6,10H2. The first-order valence-corrected chi connectivity index (χ1v) is 7.42. The lowest BCUT2D eigenvalue weighted by atomic mass is 10.1. The molecule has 22 heavy (non-hydrogen) atoms. The van der Waals surface area contributed by atoms with Gasteiger partial charge < -0.3 is 19.9 Å². The SMILES string of the molecule is Fc1ccc2c(CCN3CN=CC4=C3NCCO4)c[nH]c2c1. The molecule has 114 valence electrons. The minimum atomic E-state index is -0.218. The van der Waals surface area contributed by atoms with E-state index in [1.807, 2.05) is 12.3 Å². The number of aliphatic imine (C=N–C) groups is 1. The van der Waals surface area contributed by atoms with Crippen molar-refractivity contribution >= 4 is 17.1 Å². The number of aromatic amines is 1. The van der Waals surface area contributed by atoms with Gasteiger partial charge in [0, 0.05) is 23.6 Å². The van der Waals surface area contributed by atoms with Crippen molar-refractivity contribution in [2.24, 2.45) is 4.99 Å². The zero-order chi connectivity index (χ0) is 14.9. The number of fused-ring (bicyclic) bond motifs is 1. The van der Waals surface area contributed by atoms with E-state index in [2.05, 4.69) is 20.2 Å². The molecule has 6 heteroatoms. The largest absolute Gasteiger partial charge is 0.486 e. The molecule has 2 aliphatic rings. The van der Waals surface area contributed by atoms with E-state index in [1.54, 1.807) is 6.21 Å². The molecule has 0 amide bonds. The normalized spacial score (nSPS) is 17.4. The van der Waals surface area contributed by atoms with Crippen molar-refractivity contribution in [3.05, 3.63) is 47.4 Å². The van der Waals surface area contributed by atoms with Gasteiger partial charge in [-0.3, -0.25) is 4.99 Å². The number of hydrogen-bond donors (Lipinski definition) is 2. The van der Waals surface area contributed by atoms with Crippen molar-refractivity contribution in [3.63, 3.8) is 0 Å². The second kappa shape index (κ2) is 5.36. The van der Waals surface area contributed by atoms with Gasteiger partial charge in [0.25, 0.3) is 0 Å². The molecule has 2 aliphatic heterocycles. The van der Waals surface area contributed by atoms with Crippen LogP contribution in [0, 0.1) is 5.82 Å². The van der Waals surface area contributed by atoms with Gasteiger partial charge in [-0.2, -0.15) is 0 Å². The highest BCUT2D eigenvalue weighted by atomic mass is 19.1. The van der Waals surface area contributed by atoms with Gasteiger partial charge in [0.2, 0.25) is 0 Å². The number of ether oxygens (including phenoxy) is 1. The summed E-state index contributed by atoms with van der Waals surface area (Å²) in [5.74, 6) is 1.62. The molecule has 0 aliphatic carbocycles. The molecule has 2 N–H and O–H groups in total. The Morgan fingerprint density at radius 3 is 3.27 bits per heavy atom. The van der Waals surface area contributed by atoms with E-state index in [0.29, 0.717) is 13.3 Å². The summed E-state index contributed by atoms with van der Waals surface area (Å²) in [5, 5.41) is 4.45. The lowest BCUT2D eigenvalue weighted by Crippen LogP contribution is -2.41. The van der Waals surface area contributed by atoms with Crippen molar-refractivity contribution in [2.75, 3.05) is 26.4 Å². The van der Waals surface area contributed by atoms with E-state index in [1.165, 1.54) is 17.7 Å². The van der Waals surface area contributed by atoms with Crippen LogP contribution in [0.5, 0.6) is 0 Å². The zero-order valence-electron chi connectivity index (χ0n) is 12.1. The Morgan fingerprint density at radius 2 is 2.32 bits per heavy atom. The molecule has 0 fully saturated rings. The first-order chi connectivity index (χ1) is 10.8. The average Bonchev–Trinajstić information content (AvgIpc) is 2.95. The fourth-order valence-corrected chi connectivity index (χ4v) is 2.95. The monoisotopic (exact) mass is 300 g/mol. The number of nitrogens with one attached hydrogen (secondary N) is 2. The molecule has 3 heterocycles. The summed E-state index contributed by atoms with van der Waals surface area (Å²) in [4.78, 5) is 9.65. The summed E-state index contributed by atoms with van der Waals surface area (Å²) in [7, 11) is 0. The van der Waals surface area contributed by atoms with E-state index >= 15 is 0 Å². The van der Waals surface area contributed by atoms with E-state index < -0.39 is 0 Å². The Labute approximate surface area is 127 Å². The van der Waals surface area contributed by atoms with Crippen LogP contribution in [-0.2, 0) is 11.2 Å². The fourth-order valence-electron chi connectivity index (χ4n) is 2.95. The number of nitrogens with zero attached hydrogens (tertiary/aromatic N) is 2. The Hall–Kier alpha value is -2.50. The number of H-pyrrole nitrogens is 1. The highest BCUT2D eigenvalue weighted by Crippen LogP contribution is 2.21. The van der Waals surface area contributed by atoms with Crippen LogP contribution in [0.3, 0.4) is 0 Å². The number of rotatable bonds is 3. The molecule has 0 radical (unpaired) electrons. The summed E-state index contributed by atoms with van der Waals surface area (Å²) in [6, 6.07) is 4.86. The predicted octanol–water partition coefficient (Wildman–Crippen LogP) is 1.98. The molecule has 0 unspecified atom stereocenters. The van der Waals surface area contributed by atoms with Gasteiger partial charge in [0.1, 0.15) is 24.9 Å². The van der Waals surface area contributed by atoms with Crippen molar-refractivity contribution in [2.45, 2.75) is 6.42 Å². The summed E-state index contributed by atoms with van der Waals surface area (Å²) >= 11 is 0. The Morgan fingerprint density at radius 1 is 1.36 bits per heavy atom. The van der Waals surface area contributed by atoms with E-state index in [9.17, 15) is 4.39 Å². The molecule has 0 atom stereocenters. The summed E-state index contributed by atoms with van der Waals surface area (Å²) < 4.78 is 18.8. The number of aromatic nitrogens is 1. The van der Waals surface area contributed by atoms with E-state index in [0.717, 1.165) is 42.0 Å². The Kier molecular flexibility index (Phi) is 3.21. The maximum Gasteiger partial charge on any atom is 0.177 e. The molecule has 0 spiro atoms. The van der Waals surface area contributed by atoms with Crippen molar-refractivity contribution in [1.29, 1.82) is 0 Å². The van der Waals surface area contributed by atoms with Crippen LogP contribution >= 0.6 is 0 Å². The van der Waals surface area contributed by atoms with Gasteiger partial charge in [0.05, 0.1) is 12.8 Å². The van der Waals surface area contributed by atoms with Crippen LogP contribution in [0.4, 0.5) is 4.39 Å². The molecule has 4 rings (SSSR count). The van der Waals surface area contributed by atoms with Crippen LogP contribution in [0.25, 0.3) is 10.9 Å². The third-order valence-electron chi connectivity index (χ3n) is 4.04. The molecule has 2 aromatic rings. The smallest absolute Gasteiger partial charge is 0.177 e. The number of hydrogen-bond acceptors (Lipinski definition) is 4. The lowest BCUT2D eigenvalue weighted by Gasteiger charge is -2.33. The zero-order valence-corrected chi connectivity index (χ0v) is 12.1. The van der Waals surface area contributed by atoms with Crippen molar-refractivity contribution in [1.82, 2.24) is 15.2 Å². The van der Waals surface area contributed by atoms with Gasteiger partial charge in [-0.1, -0.05) is 0 Å². The van der Waals surface area contributed by atoms with Gasteiger partial charge in [-0.05, 0) is 30.2 Å². The van der Waals surface area contributed by atoms with E-state index in [-0.39, 0.29) is 5.82 Å². The second-order valence-electron chi connectivity index (χ2n) is 5.46. The number of halogens is 1. The second-order valence-corrected chi connectivity index (χ2v) is 5.46. The Balaban J connectivity index is 1.52. The van der Waals surface area contributed by atoms with Crippen molar-refractivity contribution in [3.8, 4) is 0 Å². The molecule has 5 nitrogen and oxygen atoms in total. The fraction of sp³-hybridized carbons (Fsp3) is 0.312. The average molecular weight is 300 g/mol. The predicted molar refractivity (Wildman–Crippen MR) is 83.0 cm³/mol. The molecule has 0 saturated heterocycles. The first-order valence-electron chi connectivity index (χ1n) is 7.42. The van der Waals surface area contributed by atoms with Crippen LogP contribution in [-0.4, -0.2) is 42.5 Å². The minimum Gasteiger partial charge on any atom is -0.486 e. The lowest BCUT2D eigenvalue weighted by molar-refractivity contribution is 0.174. The summed E-state index contributed by atoms with van der Waals surface area (Å²) in [6.07, 6.45) is 4.60. The molecular formula is C16H17FN4O. The third kappa shape index (κ3) is 2.30. The van der Waals surface area contributed by atoms with Gasteiger partial charge in [-0.15, -0.1) is 0 Å². The van der Waals surface area contributed by atoms with Crippen LogP contribution < -0.4 is 5.32 Å². The molecule has 1 aromatic heterocycles. The van der Waals surface area contributed by atoms with Crippen molar-refractivity contribution < 1.29 is 9.13 Å². The highest BCUT2D eigenvalue weighted by molar-refractivity contribution is 5.83. The maximum atomic E-state index is 13.2. The number of allylic oxidation sites excluding steroid dienone is 1. The molecule has 0 bridgehead atoms. The summed E-state index contributed by atoms with van der Waals surface area (Å²) in [6.45, 7) is 2.95. The quantitative estimate of drug-likeness (QED) is 0.911. The number of benzene rings is 1. The van der Waals surface area contributed by atoms with Crippen LogP contribution in [0.1, 0.15) is 5.56 Å². The van der Waals surface area contributed by atoms with Crippen LogP contribution in [0.15, 0.2) is 41.0 Å². The van der Waals surface area contributed by atoms with Crippen LogP contribution in [0.2, 0.25) is 0 Å². The third-order valence-corrected chi connectivity index (χ3v) is 4.04. The van der Waals surface area contributed by atoms with E-state index in [4.69, 9.17) is 4.74 Å². The van der Waals surface area contributed by atoms with Gasteiger partial charge in [-0.25, -0.2) is 4.39 Å². The highest BCUT2D eigenvalue weighted by Gasteiger charge is 2.21. The van der Waals surface area contributed by atoms with Gasteiger partial charge >= 0.3 is 0 Å². The topological polar surface area (TPSA) is 52.6 Å². The van der Waals surface area contributed by atoms with Gasteiger partial charge in [0.15, 0.2) is 5.76 Å². The molecular weight excluding hydrogens is 283 g/mol.